The number of anilines is 2. The van der Waals surface area contributed by atoms with Crippen LogP contribution in [0, 0.1) is 12.8 Å². The molecule has 0 aromatic heterocycles. The molecular weight excluding hydrogens is 404 g/mol. The minimum Gasteiger partial charge on any atom is -0.371 e. The molecule has 3 rings (SSSR count). The fourth-order valence-corrected chi connectivity index (χ4v) is 4.38. The highest BCUT2D eigenvalue weighted by Crippen LogP contribution is 2.30. The monoisotopic (exact) mass is 448 g/mol. The number of Topliss-reactive ketones (excluding diaryl/α,β-unsaturated/α-hetero) is 1. The average molecular weight is 449 g/mol. The standard InChI is InChI=1S/C23H28N2O.C7H16/c1-17-8-5-6-11-23(17)24(4)18(2)21-9-7-10-22(16-21)25-14-12-20(13-15-25)19(3)26;1-3-5-7-6-4-2/h5-11,16,20H,2,12-15H2,1,3-4H3;3-7H2,1-2H3. The van der Waals surface area contributed by atoms with Crippen molar-refractivity contribution in [3.8, 4) is 0 Å². The normalized spacial score (nSPS) is 13.8. The van der Waals surface area contributed by atoms with E-state index < -0.39 is 0 Å². The lowest BCUT2D eigenvalue weighted by molar-refractivity contribution is -0.121. The molecule has 0 atom stereocenters. The first-order chi connectivity index (χ1) is 15.9. The van der Waals surface area contributed by atoms with Crippen LogP contribution < -0.4 is 9.80 Å². The Balaban J connectivity index is 0.000000479. The number of rotatable bonds is 9. The zero-order valence-electron chi connectivity index (χ0n) is 21.6. The van der Waals surface area contributed by atoms with Crippen LogP contribution in [0.15, 0.2) is 55.1 Å². The fraction of sp³-hybridized carbons (Fsp3) is 0.500. The lowest BCUT2D eigenvalue weighted by atomic mass is 9.93. The van der Waals surface area contributed by atoms with Gasteiger partial charge in [-0.3, -0.25) is 4.79 Å². The van der Waals surface area contributed by atoms with Crippen molar-refractivity contribution in [2.75, 3.05) is 29.9 Å². The maximum absolute atomic E-state index is 11.6. The number of ketones is 1. The number of carbonyl (C=O) groups excluding carboxylic acids is 1. The molecule has 180 valence electrons. The largest absolute Gasteiger partial charge is 0.371 e. The molecule has 0 unspecified atom stereocenters. The van der Waals surface area contributed by atoms with E-state index in [1.807, 2.05) is 0 Å². The molecule has 0 N–H and O–H groups in total. The number of unbranched alkanes of at least 4 members (excludes halogenated alkanes) is 4. The smallest absolute Gasteiger partial charge is 0.133 e. The Morgan fingerprint density at radius 1 is 1.00 bits per heavy atom. The molecule has 0 spiro atoms. The van der Waals surface area contributed by atoms with Crippen LogP contribution in [0.25, 0.3) is 5.70 Å². The van der Waals surface area contributed by atoms with Gasteiger partial charge in [0.25, 0.3) is 0 Å². The van der Waals surface area contributed by atoms with E-state index in [2.05, 4.69) is 92.7 Å². The van der Waals surface area contributed by atoms with E-state index in [9.17, 15) is 4.79 Å². The topological polar surface area (TPSA) is 23.6 Å². The summed E-state index contributed by atoms with van der Waals surface area (Å²) in [4.78, 5) is 16.1. The second-order valence-electron chi connectivity index (χ2n) is 9.28. The SMILES string of the molecule is C=C(c1cccc(N2CCC(C(C)=O)CC2)c1)N(C)c1ccccc1C.CCCCCCC. The van der Waals surface area contributed by atoms with Crippen molar-refractivity contribution in [2.45, 2.75) is 72.6 Å². The lowest BCUT2D eigenvalue weighted by Gasteiger charge is -2.33. The number of benzene rings is 2. The van der Waals surface area contributed by atoms with E-state index in [-0.39, 0.29) is 5.92 Å². The van der Waals surface area contributed by atoms with Gasteiger partial charge in [-0.2, -0.15) is 0 Å². The molecule has 2 aromatic carbocycles. The number of hydrogen-bond donors (Lipinski definition) is 0. The van der Waals surface area contributed by atoms with E-state index in [0.29, 0.717) is 5.78 Å². The molecule has 33 heavy (non-hydrogen) atoms. The minimum atomic E-state index is 0.233. The van der Waals surface area contributed by atoms with Gasteiger partial charge in [0.1, 0.15) is 5.78 Å². The van der Waals surface area contributed by atoms with Crippen LogP contribution in [0.5, 0.6) is 0 Å². The summed E-state index contributed by atoms with van der Waals surface area (Å²) in [5.41, 5.74) is 5.73. The Morgan fingerprint density at radius 3 is 2.21 bits per heavy atom. The molecular formula is C30H44N2O. The molecule has 0 radical (unpaired) electrons. The van der Waals surface area contributed by atoms with Gasteiger partial charge in [-0.25, -0.2) is 0 Å². The minimum absolute atomic E-state index is 0.233. The van der Waals surface area contributed by atoms with Gasteiger partial charge in [0.2, 0.25) is 0 Å². The Morgan fingerprint density at radius 2 is 1.64 bits per heavy atom. The summed E-state index contributed by atoms with van der Waals surface area (Å²) in [5, 5.41) is 0. The van der Waals surface area contributed by atoms with Crippen molar-refractivity contribution in [1.29, 1.82) is 0 Å². The van der Waals surface area contributed by atoms with E-state index >= 15 is 0 Å². The van der Waals surface area contributed by atoms with Gasteiger partial charge in [-0.05, 0) is 56.0 Å². The summed E-state index contributed by atoms with van der Waals surface area (Å²) in [6.07, 6.45) is 8.90. The summed E-state index contributed by atoms with van der Waals surface area (Å²) in [6, 6.07) is 16.9. The predicted octanol–water partition coefficient (Wildman–Crippen LogP) is 7.88. The van der Waals surface area contributed by atoms with Crippen LogP contribution in [0.4, 0.5) is 11.4 Å². The zero-order valence-corrected chi connectivity index (χ0v) is 21.6. The third-order valence-corrected chi connectivity index (χ3v) is 6.70. The van der Waals surface area contributed by atoms with Gasteiger partial charge in [0.05, 0.1) is 0 Å². The molecule has 3 nitrogen and oxygen atoms in total. The molecule has 0 bridgehead atoms. The van der Waals surface area contributed by atoms with Gasteiger partial charge in [-0.15, -0.1) is 0 Å². The van der Waals surface area contributed by atoms with Gasteiger partial charge in [-0.1, -0.05) is 82.9 Å². The van der Waals surface area contributed by atoms with Crippen LogP contribution in [0.2, 0.25) is 0 Å². The van der Waals surface area contributed by atoms with E-state index in [1.165, 1.54) is 49.0 Å². The quantitative estimate of drug-likeness (QED) is 0.364. The predicted molar refractivity (Wildman–Crippen MR) is 145 cm³/mol. The number of aryl methyl sites for hydroxylation is 1. The van der Waals surface area contributed by atoms with Gasteiger partial charge in [0, 0.05) is 43.1 Å². The fourth-order valence-electron chi connectivity index (χ4n) is 4.38. The Hall–Kier alpha value is -2.55. The van der Waals surface area contributed by atoms with Crippen LogP contribution in [0.3, 0.4) is 0 Å². The molecule has 0 amide bonds. The molecule has 3 heteroatoms. The second kappa shape index (κ2) is 13.9. The molecule has 1 saturated heterocycles. The number of para-hydroxylation sites is 1. The number of piperidine rings is 1. The first-order valence-corrected chi connectivity index (χ1v) is 12.7. The second-order valence-corrected chi connectivity index (χ2v) is 9.28. The van der Waals surface area contributed by atoms with Gasteiger partial charge < -0.3 is 9.80 Å². The van der Waals surface area contributed by atoms with Crippen molar-refractivity contribution in [3.05, 3.63) is 66.2 Å². The van der Waals surface area contributed by atoms with Crippen LogP contribution in [0.1, 0.15) is 76.8 Å². The third kappa shape index (κ3) is 8.07. The molecule has 1 aliphatic heterocycles. The van der Waals surface area contributed by atoms with Crippen molar-refractivity contribution >= 4 is 22.9 Å². The highest BCUT2D eigenvalue weighted by molar-refractivity contribution is 5.80. The molecule has 1 aliphatic rings. The summed E-state index contributed by atoms with van der Waals surface area (Å²) < 4.78 is 0. The number of carbonyl (C=O) groups is 1. The van der Waals surface area contributed by atoms with Crippen LogP contribution in [-0.4, -0.2) is 25.9 Å². The van der Waals surface area contributed by atoms with E-state index in [4.69, 9.17) is 0 Å². The Bertz CT molecular complexity index is 876. The van der Waals surface area contributed by atoms with Gasteiger partial charge in [0.15, 0.2) is 0 Å². The van der Waals surface area contributed by atoms with Crippen LogP contribution in [-0.2, 0) is 4.79 Å². The van der Waals surface area contributed by atoms with Crippen LogP contribution >= 0.6 is 0 Å². The highest BCUT2D eigenvalue weighted by Gasteiger charge is 2.22. The number of hydrogen-bond acceptors (Lipinski definition) is 3. The summed E-state index contributed by atoms with van der Waals surface area (Å²) in [6.45, 7) is 14.5. The Kier molecular flexibility index (Phi) is 11.2. The molecule has 0 aliphatic carbocycles. The summed E-state index contributed by atoms with van der Waals surface area (Å²) >= 11 is 0. The molecule has 1 heterocycles. The molecule has 0 saturated carbocycles. The van der Waals surface area contributed by atoms with Crippen molar-refractivity contribution in [2.24, 2.45) is 5.92 Å². The summed E-state index contributed by atoms with van der Waals surface area (Å²) in [7, 11) is 2.07. The first kappa shape index (κ1) is 26.7. The van der Waals surface area contributed by atoms with Gasteiger partial charge >= 0.3 is 0 Å². The van der Waals surface area contributed by atoms with E-state index in [0.717, 1.165) is 37.2 Å². The maximum Gasteiger partial charge on any atom is 0.133 e. The zero-order chi connectivity index (χ0) is 24.2. The molecule has 2 aromatic rings. The van der Waals surface area contributed by atoms with Crippen molar-refractivity contribution in [3.63, 3.8) is 0 Å². The third-order valence-electron chi connectivity index (χ3n) is 6.70. The number of nitrogens with zero attached hydrogens (tertiary/aromatic N) is 2. The molecule has 1 fully saturated rings. The van der Waals surface area contributed by atoms with Crippen molar-refractivity contribution in [1.82, 2.24) is 0 Å². The van der Waals surface area contributed by atoms with E-state index in [1.54, 1.807) is 6.92 Å². The average Bonchev–Trinajstić information content (AvgIpc) is 2.84. The Labute approximate surface area is 202 Å². The summed E-state index contributed by atoms with van der Waals surface area (Å²) in [5.74, 6) is 0.559. The lowest BCUT2D eigenvalue weighted by Crippen LogP contribution is -2.35. The highest BCUT2D eigenvalue weighted by atomic mass is 16.1. The maximum atomic E-state index is 11.6. The van der Waals surface area contributed by atoms with Crippen molar-refractivity contribution < 1.29 is 4.79 Å². The first-order valence-electron chi connectivity index (χ1n) is 12.7.